The molecule has 0 aliphatic carbocycles. The lowest BCUT2D eigenvalue weighted by Crippen LogP contribution is -1.93. The van der Waals surface area contributed by atoms with Crippen LogP contribution in [0.3, 0.4) is 0 Å². The van der Waals surface area contributed by atoms with Crippen LogP contribution in [0, 0.1) is 0 Å². The number of fused-ring (bicyclic) bond motifs is 11. The lowest BCUT2D eigenvalue weighted by molar-refractivity contribution is 0.415. The fourth-order valence-electron chi connectivity index (χ4n) is 21.6. The molecule has 684 valence electrons. The van der Waals surface area contributed by atoms with Gasteiger partial charge in [-0.15, -0.1) is 0 Å². The molecule has 0 bridgehead atoms. The zero-order valence-electron chi connectivity index (χ0n) is 80.5. The highest BCUT2D eigenvalue weighted by molar-refractivity contribution is 6.26. The molecule has 0 saturated carbocycles. The zero-order chi connectivity index (χ0) is 96.7. The van der Waals surface area contributed by atoms with E-state index in [2.05, 4.69) is 491 Å². The van der Waals surface area contributed by atoms with E-state index < -0.39 is 0 Å². The molecule has 0 N–H and O–H groups in total. The third-order valence-corrected chi connectivity index (χ3v) is 28.8. The molecule has 0 spiro atoms. The maximum atomic E-state index is 5.58. The van der Waals surface area contributed by atoms with E-state index in [9.17, 15) is 0 Å². The molecule has 144 heavy (non-hydrogen) atoms. The number of hydrogen-bond donors (Lipinski definition) is 0. The largest absolute Gasteiger partial charge is 0.497 e. The molecule has 0 heterocycles. The Morgan fingerprint density at radius 2 is 0.306 bits per heavy atom. The van der Waals surface area contributed by atoms with Gasteiger partial charge in [-0.25, -0.2) is 0 Å². The fraction of sp³-hybridized carbons (Fsp3) is 0.0360. The summed E-state index contributed by atoms with van der Waals surface area (Å²) >= 11 is 0. The van der Waals surface area contributed by atoms with Crippen molar-refractivity contribution in [2.24, 2.45) is 0 Å². The third kappa shape index (κ3) is 16.8. The number of methoxy groups -OCH3 is 5. The third-order valence-electron chi connectivity index (χ3n) is 28.8. The minimum Gasteiger partial charge on any atom is -0.497 e. The SMILES string of the molecule is COc1ccc(-c2c3ccc(-c4ccc5ccccc5c4)cc3c(-c3ccc(OC)cc3)c3ccc(-c4ccc5ccccc5c4)cc23)cc1.COc1ccc(-c2c3ccc(-c4cccc5ccccc45)cc3c(-c3ccc(OC)cc3)c3ccc(-c4ccc5ccccc5c4)cc23)cc1.COc1ccc(-c2ccc3c(-c4ccc5ccccc5c4)c4ccccc4c(-c4cccc(-c5ccccc5)c4)c3c2)cc1. The number of rotatable bonds is 17. The first-order valence-electron chi connectivity index (χ1n) is 49.0. The Kier molecular flexibility index (Phi) is 23.5. The molecule has 0 saturated heterocycles. The van der Waals surface area contributed by atoms with Crippen molar-refractivity contribution in [2.75, 3.05) is 35.5 Å². The van der Waals surface area contributed by atoms with Crippen LogP contribution < -0.4 is 23.7 Å². The Labute approximate surface area is 837 Å². The van der Waals surface area contributed by atoms with Crippen LogP contribution in [0.1, 0.15) is 0 Å². The van der Waals surface area contributed by atoms with Crippen molar-refractivity contribution >= 4 is 118 Å². The molecule has 5 nitrogen and oxygen atoms in total. The number of hydrogen-bond acceptors (Lipinski definition) is 5. The fourth-order valence-corrected chi connectivity index (χ4v) is 21.6. The molecular formula is C139H98O5. The lowest BCUT2D eigenvalue weighted by Gasteiger charge is -2.20. The van der Waals surface area contributed by atoms with Gasteiger partial charge in [0.25, 0.3) is 0 Å². The average Bonchev–Trinajstić information content (AvgIpc) is 0.729. The topological polar surface area (TPSA) is 46.2 Å². The first-order chi connectivity index (χ1) is 71.1. The predicted molar refractivity (Wildman–Crippen MR) is 610 cm³/mol. The normalized spacial score (nSPS) is 11.4. The minimum absolute atomic E-state index is 0.840. The van der Waals surface area contributed by atoms with Gasteiger partial charge in [-0.3, -0.25) is 0 Å². The quantitative estimate of drug-likeness (QED) is 0.0850. The van der Waals surface area contributed by atoms with E-state index in [1.54, 1.807) is 35.5 Å². The maximum Gasteiger partial charge on any atom is 0.118 e. The Hall–Kier alpha value is -18.4. The summed E-state index contributed by atoms with van der Waals surface area (Å²) in [6, 6.07) is 182. The van der Waals surface area contributed by atoms with E-state index in [-0.39, 0.29) is 0 Å². The van der Waals surface area contributed by atoms with Crippen molar-refractivity contribution in [3.8, 4) is 162 Å². The van der Waals surface area contributed by atoms with E-state index >= 15 is 0 Å². The lowest BCUT2D eigenvalue weighted by atomic mass is 9.83. The Morgan fingerprint density at radius 3 is 0.667 bits per heavy atom. The monoisotopic (exact) mass is 1850 g/mol. The second kappa shape index (κ2) is 38.4. The molecule has 26 aromatic carbocycles. The van der Waals surface area contributed by atoms with Gasteiger partial charge in [-0.2, -0.15) is 0 Å². The minimum atomic E-state index is 0.840. The maximum absolute atomic E-state index is 5.58. The predicted octanol–water partition coefficient (Wildman–Crippen LogP) is 37.8. The average molecular weight is 1850 g/mol. The van der Waals surface area contributed by atoms with Crippen LogP contribution in [0.25, 0.3) is 252 Å². The van der Waals surface area contributed by atoms with E-state index in [0.29, 0.717) is 0 Å². The van der Waals surface area contributed by atoms with Gasteiger partial charge < -0.3 is 23.7 Å². The van der Waals surface area contributed by atoms with Gasteiger partial charge >= 0.3 is 0 Å². The molecule has 0 aromatic heterocycles. The van der Waals surface area contributed by atoms with Crippen LogP contribution in [0.5, 0.6) is 28.7 Å². The molecule has 0 unspecified atom stereocenters. The van der Waals surface area contributed by atoms with Crippen molar-refractivity contribution in [2.45, 2.75) is 0 Å². The Morgan fingerprint density at radius 1 is 0.104 bits per heavy atom. The van der Waals surface area contributed by atoms with Gasteiger partial charge in [0, 0.05) is 0 Å². The summed E-state index contributed by atoms with van der Waals surface area (Å²) in [6.45, 7) is 0. The van der Waals surface area contributed by atoms with Crippen LogP contribution in [-0.4, -0.2) is 35.5 Å². The van der Waals surface area contributed by atoms with Crippen molar-refractivity contribution in [3.05, 3.63) is 504 Å². The Bertz CT molecular complexity index is 9230. The van der Waals surface area contributed by atoms with Crippen LogP contribution in [0.15, 0.2) is 504 Å². The summed E-state index contributed by atoms with van der Waals surface area (Å²) in [5.41, 5.74) is 28.7. The summed E-state index contributed by atoms with van der Waals surface area (Å²) in [7, 11) is 8.57. The highest BCUT2D eigenvalue weighted by Gasteiger charge is 2.25. The zero-order valence-corrected chi connectivity index (χ0v) is 80.5. The molecule has 0 amide bonds. The Balaban J connectivity index is 0.000000117. The summed E-state index contributed by atoms with van der Waals surface area (Å²) in [5.74, 6) is 4.22. The van der Waals surface area contributed by atoms with E-state index in [1.165, 1.54) is 224 Å². The van der Waals surface area contributed by atoms with Crippen molar-refractivity contribution < 1.29 is 23.7 Å². The molecule has 0 aliphatic rings. The first kappa shape index (κ1) is 88.3. The van der Waals surface area contributed by atoms with Gasteiger partial charge in [0.15, 0.2) is 0 Å². The van der Waals surface area contributed by atoms with Crippen molar-refractivity contribution in [3.63, 3.8) is 0 Å². The van der Waals surface area contributed by atoms with Gasteiger partial charge in [0.2, 0.25) is 0 Å². The molecule has 0 atom stereocenters. The molecule has 0 aliphatic heterocycles. The molecule has 5 heteroatoms. The summed E-state index contributed by atoms with van der Waals surface area (Å²) in [4.78, 5) is 0. The molecule has 0 radical (unpaired) electrons. The molecule has 26 rings (SSSR count). The standard InChI is InChI=1S/2C48H34O2.C43H30O/c1-49-41-21-15-33(16-22-41)47-43-25-19-40(38-14-12-32-8-4-6-10-36(32)28-38)30-46(43)48(34-17-23-42(50-2)24-18-34)44-26-20-39(29-45(44)47)37-13-11-31-7-3-5-9-35(31)27-37;1-49-39-22-16-33(17-23-39)47-44-27-21-38(42-13-7-11-32-9-5-6-12-41(32)42)30-46(44)48(34-18-24-40(50-2)25-19-34)43-26-20-37(29-45(43)47)36-15-14-31-8-3-4-10-35(31)28-36;1-44-37-23-20-31(21-24-37)34-22-25-40-41(28-34)43(35-15-9-14-33(26-35)29-10-3-2-4-11-29)39-17-8-7-16-38(39)42(40)36-19-18-30-12-5-6-13-32(30)27-36/h2*3-30H,1-2H3;2-28H,1H3. The number of benzene rings is 26. The van der Waals surface area contributed by atoms with Crippen LogP contribution >= 0.6 is 0 Å². The second-order valence-electron chi connectivity index (χ2n) is 37.0. The van der Waals surface area contributed by atoms with E-state index in [4.69, 9.17) is 23.7 Å². The highest BCUT2D eigenvalue weighted by Crippen LogP contribution is 2.52. The van der Waals surface area contributed by atoms with Crippen LogP contribution in [0.4, 0.5) is 0 Å². The second-order valence-corrected chi connectivity index (χ2v) is 37.0. The van der Waals surface area contributed by atoms with Gasteiger partial charge in [0.05, 0.1) is 35.5 Å². The summed E-state index contributed by atoms with van der Waals surface area (Å²) in [6.07, 6.45) is 0. The van der Waals surface area contributed by atoms with Crippen LogP contribution in [-0.2, 0) is 0 Å². The summed E-state index contributed by atoms with van der Waals surface area (Å²) in [5, 5.41) is 27.0. The van der Waals surface area contributed by atoms with Crippen LogP contribution in [0.2, 0.25) is 0 Å². The van der Waals surface area contributed by atoms with Gasteiger partial charge in [-0.1, -0.05) is 382 Å². The van der Waals surface area contributed by atoms with Crippen molar-refractivity contribution in [1.29, 1.82) is 0 Å². The van der Waals surface area contributed by atoms with E-state index in [0.717, 1.165) is 56.6 Å². The van der Waals surface area contributed by atoms with E-state index in [1.807, 2.05) is 12.1 Å². The molecule has 26 aromatic rings. The summed E-state index contributed by atoms with van der Waals surface area (Å²) < 4.78 is 27.7. The number of ether oxygens (including phenoxy) is 5. The van der Waals surface area contributed by atoms with Gasteiger partial charge in [0.1, 0.15) is 28.7 Å². The smallest absolute Gasteiger partial charge is 0.118 e. The highest BCUT2D eigenvalue weighted by atomic mass is 16.5. The van der Waals surface area contributed by atoms with Crippen molar-refractivity contribution in [1.82, 2.24) is 0 Å². The van der Waals surface area contributed by atoms with Gasteiger partial charge in [-0.05, 0) is 373 Å². The first-order valence-corrected chi connectivity index (χ1v) is 49.0. The molecule has 0 fully saturated rings. The molecular weight excluding hydrogens is 1750 g/mol.